The van der Waals surface area contributed by atoms with Gasteiger partial charge in [-0.05, 0) is 18.4 Å². The zero-order valence-corrected chi connectivity index (χ0v) is 13.2. The minimum absolute atomic E-state index is 0.422. The second-order valence-electron chi connectivity index (χ2n) is 6.18. The van der Waals surface area contributed by atoms with E-state index < -0.39 is 0 Å². The van der Waals surface area contributed by atoms with Gasteiger partial charge in [-0.3, -0.25) is 4.90 Å². The van der Waals surface area contributed by atoms with Crippen molar-refractivity contribution in [3.63, 3.8) is 0 Å². The summed E-state index contributed by atoms with van der Waals surface area (Å²) in [5.74, 6) is 0.604. The van der Waals surface area contributed by atoms with Crippen molar-refractivity contribution in [1.29, 1.82) is 0 Å². The number of hydrogen-bond acceptors (Lipinski definition) is 3. The molecule has 0 radical (unpaired) electrons. The predicted octanol–water partition coefficient (Wildman–Crippen LogP) is 2.69. The van der Waals surface area contributed by atoms with Crippen LogP contribution in [0.3, 0.4) is 0 Å². The summed E-state index contributed by atoms with van der Waals surface area (Å²) in [6, 6.07) is 12.2. The maximum Gasteiger partial charge on any atom is 0.0620 e. The largest absolute Gasteiger partial charge is 0.383 e. The van der Waals surface area contributed by atoms with Gasteiger partial charge >= 0.3 is 0 Å². The zero-order chi connectivity index (χ0) is 14.5. The maximum absolute atomic E-state index is 5.45. The Balaban J connectivity index is 2.11. The molecule has 1 fully saturated rings. The van der Waals surface area contributed by atoms with Gasteiger partial charge in [0.25, 0.3) is 0 Å². The van der Waals surface area contributed by atoms with Crippen LogP contribution in [0, 0.1) is 5.92 Å². The molecule has 1 aromatic carbocycles. The molecule has 20 heavy (non-hydrogen) atoms. The van der Waals surface area contributed by atoms with Gasteiger partial charge in [0.1, 0.15) is 0 Å². The third kappa shape index (κ3) is 3.60. The van der Waals surface area contributed by atoms with Crippen molar-refractivity contribution >= 4 is 0 Å². The van der Waals surface area contributed by atoms with Crippen LogP contribution in [0.2, 0.25) is 0 Å². The standard InChI is InChI=1S/C17H28N2O/c1-13(2)17(12-20-4)19-11-16(18-10-14(19)3)15-8-6-5-7-9-15/h5-9,13-14,16-18H,10-12H2,1-4H3. The minimum atomic E-state index is 0.422. The average Bonchev–Trinajstić information content (AvgIpc) is 2.46. The van der Waals surface area contributed by atoms with Gasteiger partial charge in [0.2, 0.25) is 0 Å². The number of nitrogens with zero attached hydrogens (tertiary/aromatic N) is 1. The van der Waals surface area contributed by atoms with E-state index in [0.29, 0.717) is 24.0 Å². The summed E-state index contributed by atoms with van der Waals surface area (Å²) in [5, 5.41) is 3.67. The molecule has 0 amide bonds. The van der Waals surface area contributed by atoms with E-state index in [0.717, 1.165) is 19.7 Å². The zero-order valence-electron chi connectivity index (χ0n) is 13.2. The molecular formula is C17H28N2O. The number of rotatable bonds is 5. The highest BCUT2D eigenvalue weighted by Gasteiger charge is 2.32. The van der Waals surface area contributed by atoms with Gasteiger partial charge in [0.15, 0.2) is 0 Å². The molecule has 2 rings (SSSR count). The van der Waals surface area contributed by atoms with Gasteiger partial charge in [-0.2, -0.15) is 0 Å². The molecule has 1 aliphatic rings. The summed E-state index contributed by atoms with van der Waals surface area (Å²) in [4.78, 5) is 2.61. The molecule has 1 aromatic rings. The lowest BCUT2D eigenvalue weighted by atomic mass is 9.96. The SMILES string of the molecule is COCC(C(C)C)N1CC(c2ccccc2)NCC1C. The quantitative estimate of drug-likeness (QED) is 0.895. The first-order valence-electron chi connectivity index (χ1n) is 7.66. The van der Waals surface area contributed by atoms with Crippen LogP contribution < -0.4 is 5.32 Å². The second-order valence-corrected chi connectivity index (χ2v) is 6.18. The van der Waals surface area contributed by atoms with Crippen molar-refractivity contribution in [3.8, 4) is 0 Å². The number of piperazine rings is 1. The van der Waals surface area contributed by atoms with Gasteiger partial charge in [-0.25, -0.2) is 0 Å². The fourth-order valence-electron chi connectivity index (χ4n) is 3.10. The van der Waals surface area contributed by atoms with E-state index in [1.165, 1.54) is 5.56 Å². The lowest BCUT2D eigenvalue weighted by molar-refractivity contribution is 0.0174. The van der Waals surface area contributed by atoms with Crippen LogP contribution in [0.25, 0.3) is 0 Å². The Bertz CT molecular complexity index is 393. The second kappa shape index (κ2) is 7.21. The summed E-state index contributed by atoms with van der Waals surface area (Å²) >= 11 is 0. The van der Waals surface area contributed by atoms with E-state index in [1.807, 2.05) is 0 Å². The molecule has 3 heteroatoms. The molecular weight excluding hydrogens is 248 g/mol. The fourth-order valence-corrected chi connectivity index (χ4v) is 3.10. The van der Waals surface area contributed by atoms with Crippen molar-refractivity contribution in [2.24, 2.45) is 5.92 Å². The highest BCUT2D eigenvalue weighted by molar-refractivity contribution is 5.20. The molecule has 112 valence electrons. The van der Waals surface area contributed by atoms with Crippen LogP contribution in [-0.2, 0) is 4.74 Å². The summed E-state index contributed by atoms with van der Waals surface area (Å²) in [7, 11) is 1.80. The fraction of sp³-hybridized carbons (Fsp3) is 0.647. The lowest BCUT2D eigenvalue weighted by Gasteiger charge is -2.44. The Labute approximate surface area is 123 Å². The number of benzene rings is 1. The van der Waals surface area contributed by atoms with Gasteiger partial charge in [-0.15, -0.1) is 0 Å². The topological polar surface area (TPSA) is 24.5 Å². The Morgan fingerprint density at radius 3 is 2.60 bits per heavy atom. The number of hydrogen-bond donors (Lipinski definition) is 1. The predicted molar refractivity (Wildman–Crippen MR) is 83.9 cm³/mol. The van der Waals surface area contributed by atoms with E-state index in [4.69, 9.17) is 4.74 Å². The normalized spacial score (nSPS) is 25.9. The summed E-state index contributed by atoms with van der Waals surface area (Å²) in [6.07, 6.45) is 0. The Morgan fingerprint density at radius 2 is 2.00 bits per heavy atom. The molecule has 0 bridgehead atoms. The van der Waals surface area contributed by atoms with Crippen LogP contribution in [0.4, 0.5) is 0 Å². The smallest absolute Gasteiger partial charge is 0.0620 e. The van der Waals surface area contributed by atoms with E-state index >= 15 is 0 Å². The highest BCUT2D eigenvalue weighted by atomic mass is 16.5. The summed E-state index contributed by atoms with van der Waals surface area (Å²) < 4.78 is 5.45. The molecule has 0 aliphatic carbocycles. The van der Waals surface area contributed by atoms with Crippen molar-refractivity contribution < 1.29 is 4.74 Å². The van der Waals surface area contributed by atoms with Gasteiger partial charge in [0, 0.05) is 38.3 Å². The highest BCUT2D eigenvalue weighted by Crippen LogP contribution is 2.24. The molecule has 3 unspecified atom stereocenters. The van der Waals surface area contributed by atoms with Gasteiger partial charge < -0.3 is 10.1 Å². The minimum Gasteiger partial charge on any atom is -0.383 e. The molecule has 1 heterocycles. The first-order valence-corrected chi connectivity index (χ1v) is 7.66. The number of nitrogens with one attached hydrogen (secondary N) is 1. The van der Waals surface area contributed by atoms with Crippen molar-refractivity contribution in [3.05, 3.63) is 35.9 Å². The van der Waals surface area contributed by atoms with Crippen molar-refractivity contribution in [2.75, 3.05) is 26.8 Å². The summed E-state index contributed by atoms with van der Waals surface area (Å²) in [6.45, 7) is 9.78. The van der Waals surface area contributed by atoms with Crippen LogP contribution in [0.5, 0.6) is 0 Å². The Morgan fingerprint density at radius 1 is 1.30 bits per heavy atom. The van der Waals surface area contributed by atoms with Crippen LogP contribution in [0.1, 0.15) is 32.4 Å². The van der Waals surface area contributed by atoms with Crippen LogP contribution in [0.15, 0.2) is 30.3 Å². The van der Waals surface area contributed by atoms with E-state index in [1.54, 1.807) is 7.11 Å². The first kappa shape index (κ1) is 15.5. The molecule has 0 spiro atoms. The summed E-state index contributed by atoms with van der Waals surface area (Å²) in [5.41, 5.74) is 1.38. The van der Waals surface area contributed by atoms with Crippen molar-refractivity contribution in [1.82, 2.24) is 10.2 Å². The molecule has 1 aliphatic heterocycles. The molecule has 3 nitrogen and oxygen atoms in total. The Kier molecular flexibility index (Phi) is 5.58. The molecule has 1 N–H and O–H groups in total. The van der Waals surface area contributed by atoms with E-state index in [9.17, 15) is 0 Å². The third-order valence-corrected chi connectivity index (χ3v) is 4.35. The van der Waals surface area contributed by atoms with Crippen LogP contribution >= 0.6 is 0 Å². The molecule has 0 aromatic heterocycles. The third-order valence-electron chi connectivity index (χ3n) is 4.35. The maximum atomic E-state index is 5.45. The van der Waals surface area contributed by atoms with Crippen molar-refractivity contribution in [2.45, 2.75) is 38.9 Å². The average molecular weight is 276 g/mol. The molecule has 3 atom stereocenters. The van der Waals surface area contributed by atoms with E-state index in [-0.39, 0.29) is 0 Å². The van der Waals surface area contributed by atoms with Gasteiger partial charge in [0.05, 0.1) is 6.61 Å². The van der Waals surface area contributed by atoms with Crippen LogP contribution in [-0.4, -0.2) is 43.8 Å². The monoisotopic (exact) mass is 276 g/mol. The van der Waals surface area contributed by atoms with E-state index in [2.05, 4.69) is 61.3 Å². The molecule has 1 saturated heterocycles. The number of ether oxygens (including phenoxy) is 1. The molecule has 0 saturated carbocycles. The lowest BCUT2D eigenvalue weighted by Crippen LogP contribution is -2.57. The van der Waals surface area contributed by atoms with Gasteiger partial charge in [-0.1, -0.05) is 44.2 Å². The first-order chi connectivity index (χ1) is 9.63. The Hall–Kier alpha value is -0.900. The number of methoxy groups -OCH3 is 1.